The van der Waals surface area contributed by atoms with E-state index in [1.54, 1.807) is 30.2 Å². The van der Waals surface area contributed by atoms with Crippen LogP contribution in [0.25, 0.3) is 0 Å². The van der Waals surface area contributed by atoms with Crippen LogP contribution in [0.5, 0.6) is 0 Å². The number of hydrogen-bond donors (Lipinski definition) is 0. The number of aromatic nitrogens is 4. The molecule has 1 aromatic carbocycles. The average molecular weight is 308 g/mol. The quantitative estimate of drug-likeness (QED) is 0.678. The number of rotatable bonds is 5. The summed E-state index contributed by atoms with van der Waals surface area (Å²) < 4.78 is 7.20. The lowest BCUT2D eigenvalue weighted by atomic mass is 10.1. The summed E-state index contributed by atoms with van der Waals surface area (Å²) in [6.45, 7) is 2.27. The van der Waals surface area contributed by atoms with Crippen LogP contribution in [0.3, 0.4) is 0 Å². The molecule has 0 spiro atoms. The SMILES string of the molecule is C[C@H](OC(=O)c1ccccc1Cn1cncn1)c1ccccn1. The maximum Gasteiger partial charge on any atom is 0.339 e. The lowest BCUT2D eigenvalue weighted by Crippen LogP contribution is -2.13. The number of benzene rings is 1. The fraction of sp³-hybridized carbons (Fsp3) is 0.176. The first kappa shape index (κ1) is 14.9. The van der Waals surface area contributed by atoms with Crippen LogP contribution in [0, 0.1) is 0 Å². The molecule has 116 valence electrons. The van der Waals surface area contributed by atoms with Crippen molar-refractivity contribution in [3.05, 3.63) is 78.1 Å². The molecule has 0 unspecified atom stereocenters. The molecule has 2 heterocycles. The number of carbonyl (C=O) groups is 1. The van der Waals surface area contributed by atoms with Crippen LogP contribution in [0.2, 0.25) is 0 Å². The van der Waals surface area contributed by atoms with E-state index >= 15 is 0 Å². The fourth-order valence-corrected chi connectivity index (χ4v) is 2.25. The first-order valence-electron chi connectivity index (χ1n) is 7.26. The highest BCUT2D eigenvalue weighted by Gasteiger charge is 2.17. The molecule has 0 amide bonds. The van der Waals surface area contributed by atoms with Gasteiger partial charge in [0.2, 0.25) is 0 Å². The van der Waals surface area contributed by atoms with Gasteiger partial charge in [-0.1, -0.05) is 24.3 Å². The van der Waals surface area contributed by atoms with Gasteiger partial charge in [-0.15, -0.1) is 0 Å². The Morgan fingerprint density at radius 2 is 2.04 bits per heavy atom. The Labute approximate surface area is 133 Å². The number of ether oxygens (including phenoxy) is 1. The standard InChI is InChI=1S/C17H16N4O2/c1-13(16-8-4-5-9-19-16)23-17(22)15-7-3-2-6-14(15)10-21-12-18-11-20-21/h2-9,11-13H,10H2,1H3/t13-/m0/s1. The first-order chi connectivity index (χ1) is 11.2. The molecule has 3 aromatic rings. The summed E-state index contributed by atoms with van der Waals surface area (Å²) in [6.07, 6.45) is 4.34. The maximum atomic E-state index is 12.5. The van der Waals surface area contributed by atoms with Gasteiger partial charge in [-0.3, -0.25) is 4.98 Å². The van der Waals surface area contributed by atoms with Gasteiger partial charge < -0.3 is 4.74 Å². The predicted molar refractivity (Wildman–Crippen MR) is 83.6 cm³/mol. The van der Waals surface area contributed by atoms with E-state index in [4.69, 9.17) is 4.74 Å². The Hall–Kier alpha value is -3.02. The largest absolute Gasteiger partial charge is 0.453 e. The van der Waals surface area contributed by atoms with Gasteiger partial charge in [-0.05, 0) is 30.7 Å². The van der Waals surface area contributed by atoms with E-state index < -0.39 is 6.10 Å². The van der Waals surface area contributed by atoms with E-state index in [9.17, 15) is 4.79 Å². The third-order valence-corrected chi connectivity index (χ3v) is 3.42. The highest BCUT2D eigenvalue weighted by molar-refractivity contribution is 5.91. The molecule has 3 rings (SSSR count). The van der Waals surface area contributed by atoms with Gasteiger partial charge in [0.15, 0.2) is 0 Å². The summed E-state index contributed by atoms with van der Waals surface area (Å²) in [5.41, 5.74) is 2.07. The van der Waals surface area contributed by atoms with Crippen molar-refractivity contribution in [1.29, 1.82) is 0 Å². The molecular weight excluding hydrogens is 292 g/mol. The van der Waals surface area contributed by atoms with E-state index in [2.05, 4.69) is 15.1 Å². The fourth-order valence-electron chi connectivity index (χ4n) is 2.25. The Morgan fingerprint density at radius 1 is 1.22 bits per heavy atom. The van der Waals surface area contributed by atoms with Crippen molar-refractivity contribution in [2.45, 2.75) is 19.6 Å². The van der Waals surface area contributed by atoms with Gasteiger partial charge in [0.1, 0.15) is 18.8 Å². The number of pyridine rings is 1. The van der Waals surface area contributed by atoms with E-state index in [-0.39, 0.29) is 5.97 Å². The Balaban J connectivity index is 1.77. The molecule has 2 aromatic heterocycles. The Morgan fingerprint density at radius 3 is 2.78 bits per heavy atom. The van der Waals surface area contributed by atoms with Gasteiger partial charge in [-0.2, -0.15) is 5.10 Å². The van der Waals surface area contributed by atoms with Crippen LogP contribution in [0.15, 0.2) is 61.3 Å². The van der Waals surface area contributed by atoms with Crippen LogP contribution in [-0.4, -0.2) is 25.7 Å². The smallest absolute Gasteiger partial charge is 0.339 e. The van der Waals surface area contributed by atoms with Gasteiger partial charge in [-0.25, -0.2) is 14.5 Å². The third kappa shape index (κ3) is 3.60. The summed E-state index contributed by atoms with van der Waals surface area (Å²) in [5, 5.41) is 4.06. The van der Waals surface area contributed by atoms with E-state index in [0.29, 0.717) is 12.1 Å². The van der Waals surface area contributed by atoms with Crippen molar-refractivity contribution in [2.75, 3.05) is 0 Å². The zero-order valence-corrected chi connectivity index (χ0v) is 12.7. The molecule has 0 N–H and O–H groups in total. The Bertz CT molecular complexity index is 772. The molecule has 0 aliphatic heterocycles. The predicted octanol–water partition coefficient (Wildman–Crippen LogP) is 2.64. The molecule has 1 atom stereocenters. The number of esters is 1. The second kappa shape index (κ2) is 6.83. The van der Waals surface area contributed by atoms with Crippen LogP contribution in [0.4, 0.5) is 0 Å². The minimum atomic E-state index is -0.414. The molecule has 0 aliphatic rings. The van der Waals surface area contributed by atoms with Crippen LogP contribution < -0.4 is 0 Å². The van der Waals surface area contributed by atoms with Crippen molar-refractivity contribution in [2.24, 2.45) is 0 Å². The molecule has 0 radical (unpaired) electrons. The number of carbonyl (C=O) groups excluding carboxylic acids is 1. The molecule has 0 saturated heterocycles. The average Bonchev–Trinajstić information content (AvgIpc) is 3.09. The number of nitrogens with zero attached hydrogens (tertiary/aromatic N) is 4. The molecule has 23 heavy (non-hydrogen) atoms. The first-order valence-corrected chi connectivity index (χ1v) is 7.26. The summed E-state index contributed by atoms with van der Waals surface area (Å²) in [6, 6.07) is 12.8. The Kier molecular flexibility index (Phi) is 4.42. The van der Waals surface area contributed by atoms with E-state index in [1.165, 1.54) is 6.33 Å². The van der Waals surface area contributed by atoms with Crippen molar-refractivity contribution < 1.29 is 9.53 Å². The molecule has 0 fully saturated rings. The van der Waals surface area contributed by atoms with Gasteiger partial charge >= 0.3 is 5.97 Å². The second-order valence-corrected chi connectivity index (χ2v) is 5.05. The van der Waals surface area contributed by atoms with Crippen LogP contribution in [0.1, 0.15) is 34.6 Å². The lowest BCUT2D eigenvalue weighted by molar-refractivity contribution is 0.0328. The summed E-state index contributed by atoms with van der Waals surface area (Å²) in [4.78, 5) is 20.6. The monoisotopic (exact) mass is 308 g/mol. The minimum Gasteiger partial charge on any atom is -0.453 e. The van der Waals surface area contributed by atoms with Crippen LogP contribution in [-0.2, 0) is 11.3 Å². The van der Waals surface area contributed by atoms with Gasteiger partial charge in [0.05, 0.1) is 17.8 Å². The van der Waals surface area contributed by atoms with E-state index in [0.717, 1.165) is 11.3 Å². The second-order valence-electron chi connectivity index (χ2n) is 5.05. The number of hydrogen-bond acceptors (Lipinski definition) is 5. The molecule has 6 heteroatoms. The highest BCUT2D eigenvalue weighted by Crippen LogP contribution is 2.18. The molecular formula is C17H16N4O2. The zero-order chi connectivity index (χ0) is 16.1. The summed E-state index contributed by atoms with van der Waals surface area (Å²) in [5.74, 6) is -0.376. The van der Waals surface area contributed by atoms with Crippen molar-refractivity contribution in [3.63, 3.8) is 0 Å². The third-order valence-electron chi connectivity index (χ3n) is 3.42. The minimum absolute atomic E-state index is 0.376. The molecule has 0 saturated carbocycles. The molecule has 0 aliphatic carbocycles. The topological polar surface area (TPSA) is 69.9 Å². The van der Waals surface area contributed by atoms with Crippen LogP contribution >= 0.6 is 0 Å². The lowest BCUT2D eigenvalue weighted by Gasteiger charge is -2.14. The summed E-state index contributed by atoms with van der Waals surface area (Å²) >= 11 is 0. The molecule has 6 nitrogen and oxygen atoms in total. The zero-order valence-electron chi connectivity index (χ0n) is 12.7. The van der Waals surface area contributed by atoms with Gasteiger partial charge in [0.25, 0.3) is 0 Å². The maximum absolute atomic E-state index is 12.5. The highest BCUT2D eigenvalue weighted by atomic mass is 16.5. The van der Waals surface area contributed by atoms with Gasteiger partial charge in [0, 0.05) is 6.20 Å². The normalized spacial score (nSPS) is 11.9. The summed E-state index contributed by atoms with van der Waals surface area (Å²) in [7, 11) is 0. The van der Waals surface area contributed by atoms with Crippen molar-refractivity contribution in [1.82, 2.24) is 19.7 Å². The van der Waals surface area contributed by atoms with Crippen molar-refractivity contribution in [3.8, 4) is 0 Å². The van der Waals surface area contributed by atoms with Crippen molar-refractivity contribution >= 4 is 5.97 Å². The van der Waals surface area contributed by atoms with E-state index in [1.807, 2.05) is 36.4 Å². The molecule has 0 bridgehead atoms.